The van der Waals surface area contributed by atoms with Crippen LogP contribution in [0.1, 0.15) is 19.4 Å². The molecular formula is C15H23NO4. The molecule has 0 spiro atoms. The van der Waals surface area contributed by atoms with E-state index in [2.05, 4.69) is 5.32 Å². The van der Waals surface area contributed by atoms with Gasteiger partial charge in [0.2, 0.25) is 0 Å². The Balaban J connectivity index is 2.76. The van der Waals surface area contributed by atoms with Crippen LogP contribution in [-0.4, -0.2) is 43.5 Å². The molecular weight excluding hydrogens is 258 g/mol. The Bertz CT molecular complexity index is 436. The third kappa shape index (κ3) is 4.21. The van der Waals surface area contributed by atoms with Crippen LogP contribution >= 0.6 is 0 Å². The minimum Gasteiger partial charge on any atom is -0.491 e. The number of rotatable bonds is 8. The van der Waals surface area contributed by atoms with Gasteiger partial charge in [-0.3, -0.25) is 0 Å². The number of nitrogens with one attached hydrogen (secondary N) is 1. The first-order valence-electron chi connectivity index (χ1n) is 6.75. The average Bonchev–Trinajstić information content (AvgIpc) is 2.46. The minimum atomic E-state index is -0.900. The van der Waals surface area contributed by atoms with E-state index >= 15 is 0 Å². The lowest BCUT2D eigenvalue weighted by Crippen LogP contribution is -2.53. The van der Waals surface area contributed by atoms with E-state index in [0.29, 0.717) is 18.8 Å². The number of esters is 1. The molecule has 5 nitrogen and oxygen atoms in total. The van der Waals surface area contributed by atoms with Crippen molar-refractivity contribution in [2.75, 3.05) is 26.9 Å². The van der Waals surface area contributed by atoms with E-state index in [4.69, 9.17) is 14.6 Å². The number of aliphatic hydroxyl groups excluding tert-OH is 1. The van der Waals surface area contributed by atoms with Gasteiger partial charge in [-0.25, -0.2) is 4.79 Å². The van der Waals surface area contributed by atoms with Crippen LogP contribution < -0.4 is 10.1 Å². The van der Waals surface area contributed by atoms with Crippen molar-refractivity contribution >= 4 is 5.97 Å². The molecule has 0 saturated carbocycles. The van der Waals surface area contributed by atoms with Gasteiger partial charge in [-0.1, -0.05) is 18.2 Å². The number of carbonyl (C=O) groups is 1. The molecule has 0 radical (unpaired) electrons. The van der Waals surface area contributed by atoms with E-state index in [9.17, 15) is 4.79 Å². The number of hydrogen-bond donors (Lipinski definition) is 2. The lowest BCUT2D eigenvalue weighted by atomic mass is 10.0. The van der Waals surface area contributed by atoms with Gasteiger partial charge in [0.05, 0.1) is 6.61 Å². The number of benzene rings is 1. The van der Waals surface area contributed by atoms with Gasteiger partial charge in [-0.2, -0.15) is 0 Å². The summed E-state index contributed by atoms with van der Waals surface area (Å²) in [5, 5.41) is 12.0. The van der Waals surface area contributed by atoms with Gasteiger partial charge in [-0.05, 0) is 38.9 Å². The summed E-state index contributed by atoms with van der Waals surface area (Å²) in [4.78, 5) is 11.9. The van der Waals surface area contributed by atoms with Gasteiger partial charge in [0.15, 0.2) is 0 Å². The number of aliphatic hydroxyl groups is 1. The molecule has 0 heterocycles. The summed E-state index contributed by atoms with van der Waals surface area (Å²) in [7, 11) is 1.69. The van der Waals surface area contributed by atoms with Crippen LogP contribution in [-0.2, 0) is 16.0 Å². The molecule has 0 aliphatic heterocycles. The quantitative estimate of drug-likeness (QED) is 0.699. The summed E-state index contributed by atoms with van der Waals surface area (Å²) in [5.74, 6) is 0.328. The summed E-state index contributed by atoms with van der Waals surface area (Å²) in [6, 6.07) is 7.47. The van der Waals surface area contributed by atoms with Crippen molar-refractivity contribution in [1.29, 1.82) is 0 Å². The van der Waals surface area contributed by atoms with Gasteiger partial charge in [0, 0.05) is 6.61 Å². The fourth-order valence-electron chi connectivity index (χ4n) is 1.72. The van der Waals surface area contributed by atoms with E-state index < -0.39 is 5.54 Å². The number of carbonyl (C=O) groups excluding carboxylic acids is 1. The zero-order chi connectivity index (χ0) is 15.0. The molecule has 0 aromatic heterocycles. The molecule has 1 aromatic rings. The highest BCUT2D eigenvalue weighted by atomic mass is 16.5. The number of ether oxygens (including phenoxy) is 2. The van der Waals surface area contributed by atoms with Crippen molar-refractivity contribution in [2.45, 2.75) is 25.8 Å². The zero-order valence-electron chi connectivity index (χ0n) is 12.3. The van der Waals surface area contributed by atoms with Crippen molar-refractivity contribution in [3.05, 3.63) is 29.8 Å². The summed E-state index contributed by atoms with van der Waals surface area (Å²) in [5.41, 5.74) is 0.0137. The van der Waals surface area contributed by atoms with E-state index in [1.165, 1.54) is 0 Å². The van der Waals surface area contributed by atoms with Crippen LogP contribution in [0.3, 0.4) is 0 Å². The largest absolute Gasteiger partial charge is 0.491 e. The second kappa shape index (κ2) is 7.87. The molecule has 0 fully saturated rings. The smallest absolute Gasteiger partial charge is 0.329 e. The maximum absolute atomic E-state index is 11.9. The van der Waals surface area contributed by atoms with E-state index in [-0.39, 0.29) is 19.2 Å². The Hall–Kier alpha value is -1.59. The molecule has 0 bridgehead atoms. The maximum Gasteiger partial charge on any atom is 0.329 e. The first-order valence-corrected chi connectivity index (χ1v) is 6.75. The Morgan fingerprint density at radius 3 is 2.70 bits per heavy atom. The van der Waals surface area contributed by atoms with E-state index in [1.807, 2.05) is 24.3 Å². The molecule has 1 atom stereocenters. The monoisotopic (exact) mass is 281 g/mol. The first-order chi connectivity index (χ1) is 9.57. The topological polar surface area (TPSA) is 67.8 Å². The first kappa shape index (κ1) is 16.5. The second-order valence-electron chi connectivity index (χ2n) is 4.67. The molecule has 112 valence electrons. The summed E-state index contributed by atoms with van der Waals surface area (Å²) < 4.78 is 10.8. The fraction of sp³-hybridized carbons (Fsp3) is 0.533. The molecule has 0 aliphatic rings. The minimum absolute atomic E-state index is 0.0571. The normalized spacial score (nSPS) is 13.6. The van der Waals surface area contributed by atoms with Crippen LogP contribution in [0.15, 0.2) is 24.3 Å². The predicted molar refractivity (Wildman–Crippen MR) is 76.8 cm³/mol. The standard InChI is InChI=1S/C15H23NO4/c1-4-19-14(18)15(2,16-3)11-20-13-8-6-5-7-12(13)9-10-17/h5-8,16-17H,4,9-11H2,1-3H3. The molecule has 0 amide bonds. The number of likely N-dealkylation sites (N-methyl/N-ethyl adjacent to an activating group) is 1. The summed E-state index contributed by atoms with van der Waals surface area (Å²) in [6.45, 7) is 4.05. The van der Waals surface area contributed by atoms with Gasteiger partial charge in [0.1, 0.15) is 17.9 Å². The van der Waals surface area contributed by atoms with Crippen LogP contribution in [0.25, 0.3) is 0 Å². The highest BCUT2D eigenvalue weighted by Crippen LogP contribution is 2.20. The highest BCUT2D eigenvalue weighted by Gasteiger charge is 2.34. The second-order valence-corrected chi connectivity index (χ2v) is 4.67. The van der Waals surface area contributed by atoms with Crippen LogP contribution in [0, 0.1) is 0 Å². The van der Waals surface area contributed by atoms with Gasteiger partial charge >= 0.3 is 5.97 Å². The zero-order valence-corrected chi connectivity index (χ0v) is 12.3. The highest BCUT2D eigenvalue weighted by molar-refractivity contribution is 5.80. The van der Waals surface area contributed by atoms with Crippen molar-refractivity contribution in [3.63, 3.8) is 0 Å². The summed E-state index contributed by atoms with van der Waals surface area (Å²) >= 11 is 0. The number of para-hydroxylation sites is 1. The van der Waals surface area contributed by atoms with Crippen LogP contribution in [0.5, 0.6) is 5.75 Å². The third-order valence-electron chi connectivity index (χ3n) is 3.15. The third-order valence-corrected chi connectivity index (χ3v) is 3.15. The van der Waals surface area contributed by atoms with Crippen molar-refractivity contribution < 1.29 is 19.4 Å². The molecule has 5 heteroatoms. The Morgan fingerprint density at radius 2 is 2.10 bits per heavy atom. The van der Waals surface area contributed by atoms with Gasteiger partial charge < -0.3 is 19.9 Å². The van der Waals surface area contributed by atoms with Crippen LogP contribution in [0.4, 0.5) is 0 Å². The van der Waals surface area contributed by atoms with Gasteiger partial charge in [0.25, 0.3) is 0 Å². The lowest BCUT2D eigenvalue weighted by molar-refractivity contribution is -0.151. The van der Waals surface area contributed by atoms with E-state index in [0.717, 1.165) is 5.56 Å². The Kier molecular flexibility index (Phi) is 6.48. The van der Waals surface area contributed by atoms with Crippen molar-refractivity contribution in [3.8, 4) is 5.75 Å². The van der Waals surface area contributed by atoms with Gasteiger partial charge in [-0.15, -0.1) is 0 Å². The molecule has 1 aromatic carbocycles. The SMILES string of the molecule is CCOC(=O)C(C)(COc1ccccc1CCO)NC. The average molecular weight is 281 g/mol. The molecule has 1 unspecified atom stereocenters. The molecule has 2 N–H and O–H groups in total. The maximum atomic E-state index is 11.9. The van der Waals surface area contributed by atoms with E-state index in [1.54, 1.807) is 20.9 Å². The fourth-order valence-corrected chi connectivity index (χ4v) is 1.72. The Morgan fingerprint density at radius 1 is 1.40 bits per heavy atom. The molecule has 1 rings (SSSR count). The number of hydrogen-bond acceptors (Lipinski definition) is 5. The van der Waals surface area contributed by atoms with Crippen LogP contribution in [0.2, 0.25) is 0 Å². The van der Waals surface area contributed by atoms with Crippen molar-refractivity contribution in [2.24, 2.45) is 0 Å². The molecule has 0 saturated heterocycles. The molecule has 20 heavy (non-hydrogen) atoms. The summed E-state index contributed by atoms with van der Waals surface area (Å²) in [6.07, 6.45) is 0.520. The molecule has 0 aliphatic carbocycles. The Labute approximate surface area is 119 Å². The predicted octanol–water partition coefficient (Wildman–Crippen LogP) is 1.14. The lowest BCUT2D eigenvalue weighted by Gasteiger charge is -2.27. The van der Waals surface area contributed by atoms with Crippen molar-refractivity contribution in [1.82, 2.24) is 5.32 Å².